The number of rotatable bonds is 4. The summed E-state index contributed by atoms with van der Waals surface area (Å²) in [7, 11) is 1.75. The van der Waals surface area contributed by atoms with Crippen molar-refractivity contribution in [2.24, 2.45) is 7.05 Å². The highest BCUT2D eigenvalue weighted by Gasteiger charge is 2.37. The lowest BCUT2D eigenvalue weighted by Crippen LogP contribution is -2.45. The van der Waals surface area contributed by atoms with Crippen molar-refractivity contribution in [3.63, 3.8) is 0 Å². The summed E-state index contributed by atoms with van der Waals surface area (Å²) >= 11 is 0. The van der Waals surface area contributed by atoms with Gasteiger partial charge >= 0.3 is 0 Å². The maximum absolute atomic E-state index is 12.0. The average Bonchev–Trinajstić information content (AvgIpc) is 3.13. The van der Waals surface area contributed by atoms with Gasteiger partial charge in [-0.05, 0) is 6.42 Å². The third kappa shape index (κ3) is 2.91. The molecular formula is C14H18N6O2. The molecule has 0 unspecified atom stereocenters. The van der Waals surface area contributed by atoms with E-state index in [1.807, 2.05) is 4.90 Å². The fraction of sp³-hybridized carbons (Fsp3) is 0.429. The number of aryl methyl sites for hydroxylation is 1. The number of hydrogen-bond donors (Lipinski definition) is 2. The van der Waals surface area contributed by atoms with Crippen LogP contribution in [-0.2, 0) is 7.05 Å². The molecule has 2 aromatic rings. The van der Waals surface area contributed by atoms with Gasteiger partial charge in [0.2, 0.25) is 0 Å². The largest absolute Gasteiger partial charge is 0.386 e. The summed E-state index contributed by atoms with van der Waals surface area (Å²) in [5, 5.41) is 13.4. The van der Waals surface area contributed by atoms with Crippen molar-refractivity contribution in [2.75, 3.05) is 24.5 Å². The molecule has 1 fully saturated rings. The van der Waals surface area contributed by atoms with Gasteiger partial charge in [0, 0.05) is 51.5 Å². The number of nitrogens with zero attached hydrogens (tertiary/aromatic N) is 5. The molecule has 22 heavy (non-hydrogen) atoms. The van der Waals surface area contributed by atoms with Crippen LogP contribution in [0.15, 0.2) is 31.0 Å². The van der Waals surface area contributed by atoms with E-state index in [0.717, 1.165) is 5.82 Å². The molecule has 2 N–H and O–H groups in total. The number of amides is 1. The van der Waals surface area contributed by atoms with E-state index in [1.54, 1.807) is 42.6 Å². The molecule has 0 aliphatic carbocycles. The normalized spacial score (nSPS) is 21.1. The summed E-state index contributed by atoms with van der Waals surface area (Å²) in [6.45, 7) is 1.26. The van der Waals surface area contributed by atoms with E-state index >= 15 is 0 Å². The third-order valence-corrected chi connectivity index (χ3v) is 3.81. The number of aromatic nitrogens is 4. The van der Waals surface area contributed by atoms with Crippen molar-refractivity contribution in [1.29, 1.82) is 0 Å². The Kier molecular flexibility index (Phi) is 3.76. The second-order valence-corrected chi connectivity index (χ2v) is 5.50. The van der Waals surface area contributed by atoms with E-state index in [2.05, 4.69) is 20.3 Å². The number of anilines is 1. The predicted octanol–water partition coefficient (Wildman–Crippen LogP) is -0.419. The van der Waals surface area contributed by atoms with Gasteiger partial charge in [-0.15, -0.1) is 0 Å². The first-order chi connectivity index (χ1) is 10.6. The molecule has 1 aliphatic rings. The minimum Gasteiger partial charge on any atom is -0.386 e. The molecule has 8 nitrogen and oxygen atoms in total. The van der Waals surface area contributed by atoms with E-state index in [-0.39, 0.29) is 12.5 Å². The molecular weight excluding hydrogens is 284 g/mol. The highest BCUT2D eigenvalue weighted by atomic mass is 16.3. The van der Waals surface area contributed by atoms with Crippen molar-refractivity contribution in [3.8, 4) is 0 Å². The molecule has 0 spiro atoms. The Morgan fingerprint density at radius 1 is 1.41 bits per heavy atom. The van der Waals surface area contributed by atoms with Gasteiger partial charge in [0.15, 0.2) is 5.82 Å². The van der Waals surface area contributed by atoms with Gasteiger partial charge in [0.25, 0.3) is 5.91 Å². The molecule has 2 aromatic heterocycles. The van der Waals surface area contributed by atoms with Crippen LogP contribution in [0.3, 0.4) is 0 Å². The highest BCUT2D eigenvalue weighted by molar-refractivity contribution is 5.90. The van der Waals surface area contributed by atoms with Crippen LogP contribution in [0.2, 0.25) is 0 Å². The van der Waals surface area contributed by atoms with Crippen LogP contribution in [0.4, 0.5) is 5.82 Å². The fourth-order valence-electron chi connectivity index (χ4n) is 2.56. The van der Waals surface area contributed by atoms with Gasteiger partial charge in [-0.3, -0.25) is 9.78 Å². The van der Waals surface area contributed by atoms with Crippen LogP contribution in [0.25, 0.3) is 0 Å². The van der Waals surface area contributed by atoms with Gasteiger partial charge in [0.05, 0.1) is 6.20 Å². The molecule has 0 bridgehead atoms. The maximum Gasteiger partial charge on any atom is 0.287 e. The lowest BCUT2D eigenvalue weighted by Gasteiger charge is -2.24. The summed E-state index contributed by atoms with van der Waals surface area (Å²) in [5.74, 6) is 0.764. The predicted molar refractivity (Wildman–Crippen MR) is 79.4 cm³/mol. The summed E-state index contributed by atoms with van der Waals surface area (Å²) < 4.78 is 1.64. The van der Waals surface area contributed by atoms with Crippen LogP contribution in [-0.4, -0.2) is 55.8 Å². The quantitative estimate of drug-likeness (QED) is 0.796. The number of carbonyl (C=O) groups is 1. The number of imidazole rings is 1. The van der Waals surface area contributed by atoms with Crippen molar-refractivity contribution in [3.05, 3.63) is 36.8 Å². The zero-order chi connectivity index (χ0) is 15.6. The van der Waals surface area contributed by atoms with E-state index in [1.165, 1.54) is 0 Å². The van der Waals surface area contributed by atoms with Crippen LogP contribution in [0.5, 0.6) is 0 Å². The number of carbonyl (C=O) groups excluding carboxylic acids is 1. The standard InChI is InChI=1S/C14H18N6O2/c1-19-7-5-17-12(19)13(21)18-9-14(22)2-6-20(10-14)11-8-15-3-4-16-11/h3-5,7-8,22H,2,6,9-10H2,1H3,(H,18,21)/t14-/m1/s1. The Labute approximate surface area is 127 Å². The first-order valence-electron chi connectivity index (χ1n) is 7.06. The van der Waals surface area contributed by atoms with E-state index in [9.17, 15) is 9.90 Å². The molecule has 116 valence electrons. The number of nitrogens with one attached hydrogen (secondary N) is 1. The second-order valence-electron chi connectivity index (χ2n) is 5.50. The average molecular weight is 302 g/mol. The lowest BCUT2D eigenvalue weighted by atomic mass is 10.0. The summed E-state index contributed by atoms with van der Waals surface area (Å²) in [6.07, 6.45) is 8.72. The Morgan fingerprint density at radius 3 is 2.95 bits per heavy atom. The van der Waals surface area contributed by atoms with Crippen LogP contribution < -0.4 is 10.2 Å². The van der Waals surface area contributed by atoms with E-state index in [0.29, 0.717) is 25.3 Å². The molecule has 0 radical (unpaired) electrons. The Morgan fingerprint density at radius 2 is 2.27 bits per heavy atom. The van der Waals surface area contributed by atoms with Crippen LogP contribution in [0, 0.1) is 0 Å². The lowest BCUT2D eigenvalue weighted by molar-refractivity contribution is 0.0571. The minimum absolute atomic E-state index is 0.176. The molecule has 1 saturated heterocycles. The Bertz CT molecular complexity index is 658. The Balaban J connectivity index is 1.59. The zero-order valence-corrected chi connectivity index (χ0v) is 12.3. The maximum atomic E-state index is 12.0. The minimum atomic E-state index is -0.974. The smallest absolute Gasteiger partial charge is 0.287 e. The van der Waals surface area contributed by atoms with Crippen molar-refractivity contribution < 1.29 is 9.90 Å². The second kappa shape index (κ2) is 5.72. The molecule has 8 heteroatoms. The molecule has 1 aliphatic heterocycles. The molecule has 3 rings (SSSR count). The summed E-state index contributed by atoms with van der Waals surface area (Å²) in [6, 6.07) is 0. The number of hydrogen-bond acceptors (Lipinski definition) is 6. The molecule has 0 saturated carbocycles. The van der Waals surface area contributed by atoms with Gasteiger partial charge in [-0.1, -0.05) is 0 Å². The van der Waals surface area contributed by atoms with Crippen molar-refractivity contribution in [2.45, 2.75) is 12.0 Å². The van der Waals surface area contributed by atoms with Gasteiger partial charge < -0.3 is 19.9 Å². The summed E-state index contributed by atoms with van der Waals surface area (Å²) in [4.78, 5) is 26.2. The van der Waals surface area contributed by atoms with Gasteiger partial charge in [-0.2, -0.15) is 0 Å². The van der Waals surface area contributed by atoms with Crippen LogP contribution >= 0.6 is 0 Å². The molecule has 1 atom stereocenters. The van der Waals surface area contributed by atoms with Gasteiger partial charge in [-0.25, -0.2) is 9.97 Å². The van der Waals surface area contributed by atoms with Crippen molar-refractivity contribution in [1.82, 2.24) is 24.8 Å². The van der Waals surface area contributed by atoms with Crippen molar-refractivity contribution >= 4 is 11.7 Å². The first-order valence-corrected chi connectivity index (χ1v) is 7.06. The molecule has 3 heterocycles. The molecule has 0 aromatic carbocycles. The zero-order valence-electron chi connectivity index (χ0n) is 12.3. The van der Waals surface area contributed by atoms with Gasteiger partial charge in [0.1, 0.15) is 11.4 Å². The van der Waals surface area contributed by atoms with E-state index in [4.69, 9.17) is 0 Å². The SMILES string of the molecule is Cn1ccnc1C(=O)NC[C@]1(O)CCN(c2cnccn2)C1. The highest BCUT2D eigenvalue weighted by Crippen LogP contribution is 2.24. The molecule has 1 amide bonds. The number of aliphatic hydroxyl groups is 1. The van der Waals surface area contributed by atoms with Crippen LogP contribution in [0.1, 0.15) is 17.0 Å². The monoisotopic (exact) mass is 302 g/mol. The first kappa shape index (κ1) is 14.5. The fourth-order valence-corrected chi connectivity index (χ4v) is 2.56. The topological polar surface area (TPSA) is 96.2 Å². The summed E-state index contributed by atoms with van der Waals surface area (Å²) in [5.41, 5.74) is -0.974. The van der Waals surface area contributed by atoms with E-state index < -0.39 is 5.60 Å². The third-order valence-electron chi connectivity index (χ3n) is 3.81. The number of β-amino-alcohol motifs (C(OH)–C–C–N with tert-alkyl or cyclic N) is 1. The Hall–Kier alpha value is -2.48.